The summed E-state index contributed by atoms with van der Waals surface area (Å²) in [6, 6.07) is 30.8. The van der Waals surface area contributed by atoms with Gasteiger partial charge in [0.2, 0.25) is 5.91 Å². The lowest BCUT2D eigenvalue weighted by Crippen LogP contribution is -2.46. The Labute approximate surface area is 206 Å². The predicted molar refractivity (Wildman–Crippen MR) is 140 cm³/mol. The van der Waals surface area contributed by atoms with Gasteiger partial charge in [-0.15, -0.1) is 0 Å². The number of rotatable bonds is 7. The number of piperazine rings is 1. The van der Waals surface area contributed by atoms with E-state index < -0.39 is 0 Å². The number of nitrogens with zero attached hydrogens (tertiary/aromatic N) is 4. The minimum Gasteiger partial charge on any atom is -0.354 e. The van der Waals surface area contributed by atoms with Gasteiger partial charge in [-0.1, -0.05) is 84.9 Å². The van der Waals surface area contributed by atoms with Crippen molar-refractivity contribution in [2.45, 2.75) is 13.0 Å². The van der Waals surface area contributed by atoms with Crippen molar-refractivity contribution in [2.75, 3.05) is 36.4 Å². The molecule has 6 nitrogen and oxygen atoms in total. The van der Waals surface area contributed by atoms with Crippen LogP contribution in [0.3, 0.4) is 0 Å². The molecule has 0 aliphatic carbocycles. The van der Waals surface area contributed by atoms with E-state index in [-0.39, 0.29) is 5.91 Å². The summed E-state index contributed by atoms with van der Waals surface area (Å²) in [5, 5.41) is 2.93. The Hall–Kier alpha value is -4.03. The van der Waals surface area contributed by atoms with E-state index in [9.17, 15) is 4.79 Å². The third-order valence-corrected chi connectivity index (χ3v) is 6.29. The number of amides is 1. The zero-order chi connectivity index (χ0) is 23.9. The molecule has 3 aromatic carbocycles. The number of hydrogen-bond acceptors (Lipinski definition) is 5. The monoisotopic (exact) mass is 463 g/mol. The van der Waals surface area contributed by atoms with Crippen LogP contribution in [-0.2, 0) is 17.8 Å². The number of carbonyl (C=O) groups is 1. The molecule has 1 fully saturated rings. The maximum atomic E-state index is 12.6. The first-order chi connectivity index (χ1) is 17.2. The minimum absolute atomic E-state index is 0.0882. The minimum atomic E-state index is -0.0882. The zero-order valence-electron chi connectivity index (χ0n) is 19.7. The number of aromatic nitrogens is 2. The average molecular weight is 464 g/mol. The van der Waals surface area contributed by atoms with E-state index in [2.05, 4.69) is 79.7 Å². The Morgan fingerprint density at radius 3 is 2.11 bits per heavy atom. The summed E-state index contributed by atoms with van der Waals surface area (Å²) >= 11 is 0. The van der Waals surface area contributed by atoms with Crippen LogP contribution in [0, 0.1) is 0 Å². The standard InChI is InChI=1S/C29H29N5O/c35-29(19-23-11-13-26(14-12-23)25-9-5-2-6-10-25)32-27-20-28(31-22-30-27)34-17-15-33(16-18-34)21-24-7-3-1-4-8-24/h1-14,20,22H,15-19,21H2,(H,30,31,32,35). The predicted octanol–water partition coefficient (Wildman–Crippen LogP) is 4.65. The van der Waals surface area contributed by atoms with E-state index in [0.717, 1.165) is 55.2 Å². The fourth-order valence-electron chi connectivity index (χ4n) is 4.38. The van der Waals surface area contributed by atoms with Crippen molar-refractivity contribution in [3.8, 4) is 11.1 Å². The van der Waals surface area contributed by atoms with Crippen molar-refractivity contribution in [3.05, 3.63) is 108 Å². The fraction of sp³-hybridized carbons (Fsp3) is 0.207. The van der Waals surface area contributed by atoms with Gasteiger partial charge < -0.3 is 10.2 Å². The van der Waals surface area contributed by atoms with Crippen LogP contribution in [0.1, 0.15) is 11.1 Å². The molecular formula is C29H29N5O. The van der Waals surface area contributed by atoms with Gasteiger partial charge in [0.1, 0.15) is 18.0 Å². The number of anilines is 2. The summed E-state index contributed by atoms with van der Waals surface area (Å²) in [6.45, 7) is 4.70. The van der Waals surface area contributed by atoms with Crippen LogP contribution in [0.5, 0.6) is 0 Å². The number of carbonyl (C=O) groups excluding carboxylic acids is 1. The first kappa shape index (κ1) is 22.7. The van der Waals surface area contributed by atoms with Gasteiger partial charge in [0, 0.05) is 38.8 Å². The zero-order valence-corrected chi connectivity index (χ0v) is 19.7. The first-order valence-corrected chi connectivity index (χ1v) is 12.0. The van der Waals surface area contributed by atoms with Crippen LogP contribution >= 0.6 is 0 Å². The lowest BCUT2D eigenvalue weighted by atomic mass is 10.0. The maximum absolute atomic E-state index is 12.6. The Bertz CT molecular complexity index is 1240. The molecule has 6 heteroatoms. The highest BCUT2D eigenvalue weighted by Gasteiger charge is 2.19. The lowest BCUT2D eigenvalue weighted by Gasteiger charge is -2.35. The molecule has 0 radical (unpaired) electrons. The maximum Gasteiger partial charge on any atom is 0.229 e. The first-order valence-electron chi connectivity index (χ1n) is 12.0. The molecule has 1 aliphatic rings. The molecule has 176 valence electrons. The van der Waals surface area contributed by atoms with Crippen molar-refractivity contribution < 1.29 is 4.79 Å². The molecular weight excluding hydrogens is 434 g/mol. The number of nitrogens with one attached hydrogen (secondary N) is 1. The third-order valence-electron chi connectivity index (χ3n) is 6.29. The van der Waals surface area contributed by atoms with Crippen LogP contribution in [-0.4, -0.2) is 47.0 Å². The van der Waals surface area contributed by atoms with Gasteiger partial charge in [-0.25, -0.2) is 9.97 Å². The summed E-state index contributed by atoms with van der Waals surface area (Å²) in [5.41, 5.74) is 4.60. The lowest BCUT2D eigenvalue weighted by molar-refractivity contribution is -0.115. The molecule has 4 aromatic rings. The number of hydrogen-bond donors (Lipinski definition) is 1. The van der Waals surface area contributed by atoms with Gasteiger partial charge >= 0.3 is 0 Å². The van der Waals surface area contributed by atoms with Gasteiger partial charge in [-0.3, -0.25) is 9.69 Å². The molecule has 1 aromatic heterocycles. The van der Waals surface area contributed by atoms with Crippen LogP contribution < -0.4 is 10.2 Å². The van der Waals surface area contributed by atoms with Gasteiger partial charge in [0.05, 0.1) is 6.42 Å². The third kappa shape index (κ3) is 6.11. The smallest absolute Gasteiger partial charge is 0.229 e. The van der Waals surface area contributed by atoms with Gasteiger partial charge in [0.25, 0.3) is 0 Å². The summed E-state index contributed by atoms with van der Waals surface area (Å²) < 4.78 is 0. The molecule has 1 N–H and O–H groups in total. The quantitative estimate of drug-likeness (QED) is 0.432. The van der Waals surface area contributed by atoms with Crippen molar-refractivity contribution in [1.82, 2.24) is 14.9 Å². The van der Waals surface area contributed by atoms with E-state index in [4.69, 9.17) is 0 Å². The summed E-state index contributed by atoms with van der Waals surface area (Å²) in [6.07, 6.45) is 1.82. The second-order valence-corrected chi connectivity index (χ2v) is 8.80. The van der Waals surface area contributed by atoms with Gasteiger partial charge in [-0.05, 0) is 22.3 Å². The summed E-state index contributed by atoms with van der Waals surface area (Å²) in [4.78, 5) is 26.1. The van der Waals surface area contributed by atoms with Crippen molar-refractivity contribution >= 4 is 17.5 Å². The molecule has 1 amide bonds. The Morgan fingerprint density at radius 1 is 0.743 bits per heavy atom. The fourth-order valence-corrected chi connectivity index (χ4v) is 4.38. The molecule has 2 heterocycles. The molecule has 1 aliphatic heterocycles. The van der Waals surface area contributed by atoms with Crippen LogP contribution in [0.4, 0.5) is 11.6 Å². The van der Waals surface area contributed by atoms with Crippen LogP contribution in [0.15, 0.2) is 97.3 Å². The molecule has 0 spiro atoms. The highest BCUT2D eigenvalue weighted by atomic mass is 16.1. The Balaban J connectivity index is 1.14. The van der Waals surface area contributed by atoms with E-state index in [1.54, 1.807) is 0 Å². The average Bonchev–Trinajstić information content (AvgIpc) is 2.91. The number of benzene rings is 3. The van der Waals surface area contributed by atoms with E-state index in [1.807, 2.05) is 36.4 Å². The molecule has 0 unspecified atom stereocenters. The molecule has 0 saturated carbocycles. The van der Waals surface area contributed by atoms with Gasteiger partial charge in [-0.2, -0.15) is 0 Å². The highest BCUT2D eigenvalue weighted by molar-refractivity contribution is 5.91. The second kappa shape index (κ2) is 10.9. The summed E-state index contributed by atoms with van der Waals surface area (Å²) in [7, 11) is 0. The second-order valence-electron chi connectivity index (χ2n) is 8.80. The Morgan fingerprint density at radius 2 is 1.40 bits per heavy atom. The van der Waals surface area contributed by atoms with Crippen LogP contribution in [0.2, 0.25) is 0 Å². The Kier molecular flexibility index (Phi) is 7.10. The summed E-state index contributed by atoms with van der Waals surface area (Å²) in [5.74, 6) is 1.30. The molecule has 1 saturated heterocycles. The van der Waals surface area contributed by atoms with Crippen molar-refractivity contribution in [1.29, 1.82) is 0 Å². The van der Waals surface area contributed by atoms with E-state index in [0.29, 0.717) is 12.2 Å². The highest BCUT2D eigenvalue weighted by Crippen LogP contribution is 2.20. The van der Waals surface area contributed by atoms with E-state index >= 15 is 0 Å². The van der Waals surface area contributed by atoms with Crippen molar-refractivity contribution in [3.63, 3.8) is 0 Å². The van der Waals surface area contributed by atoms with Crippen LogP contribution in [0.25, 0.3) is 11.1 Å². The molecule has 0 atom stereocenters. The van der Waals surface area contributed by atoms with E-state index in [1.165, 1.54) is 11.9 Å². The van der Waals surface area contributed by atoms with Crippen molar-refractivity contribution in [2.24, 2.45) is 0 Å². The SMILES string of the molecule is O=C(Cc1ccc(-c2ccccc2)cc1)Nc1cc(N2CCN(Cc3ccccc3)CC2)ncn1. The largest absolute Gasteiger partial charge is 0.354 e. The topological polar surface area (TPSA) is 61.4 Å². The molecule has 35 heavy (non-hydrogen) atoms. The molecule has 0 bridgehead atoms. The normalized spacial score (nSPS) is 14.0. The van der Waals surface area contributed by atoms with Gasteiger partial charge in [0.15, 0.2) is 0 Å². The molecule has 5 rings (SSSR count).